The largest absolute Gasteiger partial charge is 0.481 e. The minimum Gasteiger partial charge on any atom is -0.481 e. The molecule has 0 heterocycles. The lowest BCUT2D eigenvalue weighted by molar-refractivity contribution is -0.138. The van der Waals surface area contributed by atoms with Crippen molar-refractivity contribution >= 4 is 11.8 Å². The van der Waals surface area contributed by atoms with E-state index in [9.17, 15) is 9.59 Å². The van der Waals surface area contributed by atoms with E-state index in [1.807, 2.05) is 6.07 Å². The fourth-order valence-electron chi connectivity index (χ4n) is 1.23. The van der Waals surface area contributed by atoms with Crippen molar-refractivity contribution in [2.24, 2.45) is 5.73 Å². The van der Waals surface area contributed by atoms with Gasteiger partial charge in [-0.05, 0) is 5.56 Å². The molecular formula is C11H13NO3. The zero-order valence-corrected chi connectivity index (χ0v) is 8.22. The first-order chi connectivity index (χ1) is 7.11. The van der Waals surface area contributed by atoms with Crippen LogP contribution in [0.3, 0.4) is 0 Å². The van der Waals surface area contributed by atoms with Gasteiger partial charge in [0.15, 0.2) is 5.78 Å². The molecule has 1 unspecified atom stereocenters. The van der Waals surface area contributed by atoms with Gasteiger partial charge in [0.2, 0.25) is 0 Å². The van der Waals surface area contributed by atoms with Gasteiger partial charge >= 0.3 is 5.97 Å². The molecule has 1 atom stereocenters. The SMILES string of the molecule is NC(C(=O)CCC(=O)O)c1ccccc1. The van der Waals surface area contributed by atoms with Crippen LogP contribution in [0.15, 0.2) is 30.3 Å². The molecule has 0 aromatic heterocycles. The van der Waals surface area contributed by atoms with Crippen LogP contribution in [0.4, 0.5) is 0 Å². The average molecular weight is 207 g/mol. The highest BCUT2D eigenvalue weighted by Gasteiger charge is 2.15. The van der Waals surface area contributed by atoms with Gasteiger partial charge in [-0.3, -0.25) is 9.59 Å². The van der Waals surface area contributed by atoms with E-state index in [0.717, 1.165) is 0 Å². The van der Waals surface area contributed by atoms with Crippen LogP contribution < -0.4 is 5.73 Å². The van der Waals surface area contributed by atoms with E-state index in [1.165, 1.54) is 0 Å². The lowest BCUT2D eigenvalue weighted by Gasteiger charge is -2.09. The summed E-state index contributed by atoms with van der Waals surface area (Å²) in [5.74, 6) is -1.23. The fraction of sp³-hybridized carbons (Fsp3) is 0.273. The van der Waals surface area contributed by atoms with Crippen molar-refractivity contribution in [3.05, 3.63) is 35.9 Å². The van der Waals surface area contributed by atoms with Crippen molar-refractivity contribution in [2.75, 3.05) is 0 Å². The number of benzene rings is 1. The fourth-order valence-corrected chi connectivity index (χ4v) is 1.23. The number of Topliss-reactive ketones (excluding diaryl/α,β-unsaturated/α-hetero) is 1. The molecule has 4 heteroatoms. The van der Waals surface area contributed by atoms with Crippen LogP contribution in [-0.2, 0) is 9.59 Å². The molecule has 0 aliphatic rings. The average Bonchev–Trinajstić information content (AvgIpc) is 2.26. The molecule has 4 nitrogen and oxygen atoms in total. The number of ketones is 1. The molecule has 0 fully saturated rings. The van der Waals surface area contributed by atoms with E-state index in [-0.39, 0.29) is 18.6 Å². The molecule has 1 aromatic rings. The molecule has 0 saturated carbocycles. The number of hydrogen-bond acceptors (Lipinski definition) is 3. The van der Waals surface area contributed by atoms with Gasteiger partial charge in [0.05, 0.1) is 12.5 Å². The van der Waals surface area contributed by atoms with Gasteiger partial charge in [-0.1, -0.05) is 30.3 Å². The summed E-state index contributed by atoms with van der Waals surface area (Å²) in [7, 11) is 0. The second-order valence-corrected chi connectivity index (χ2v) is 3.25. The quantitative estimate of drug-likeness (QED) is 0.758. The highest BCUT2D eigenvalue weighted by atomic mass is 16.4. The lowest BCUT2D eigenvalue weighted by atomic mass is 10.0. The number of aliphatic carboxylic acids is 1. The highest BCUT2D eigenvalue weighted by molar-refractivity contribution is 5.87. The van der Waals surface area contributed by atoms with Crippen LogP contribution in [-0.4, -0.2) is 16.9 Å². The molecule has 1 aromatic carbocycles. The molecule has 0 amide bonds. The van der Waals surface area contributed by atoms with E-state index in [0.29, 0.717) is 5.56 Å². The Hall–Kier alpha value is -1.68. The molecule has 1 rings (SSSR count). The Balaban J connectivity index is 2.57. The first-order valence-electron chi connectivity index (χ1n) is 4.66. The van der Waals surface area contributed by atoms with E-state index < -0.39 is 12.0 Å². The Morgan fingerprint density at radius 2 is 1.80 bits per heavy atom. The van der Waals surface area contributed by atoms with Crippen molar-refractivity contribution in [1.82, 2.24) is 0 Å². The van der Waals surface area contributed by atoms with Gasteiger partial charge in [0, 0.05) is 6.42 Å². The smallest absolute Gasteiger partial charge is 0.303 e. The van der Waals surface area contributed by atoms with Gasteiger partial charge in [-0.25, -0.2) is 0 Å². The van der Waals surface area contributed by atoms with Crippen LogP contribution in [0.25, 0.3) is 0 Å². The third-order valence-electron chi connectivity index (χ3n) is 2.09. The molecule has 0 radical (unpaired) electrons. The monoisotopic (exact) mass is 207 g/mol. The van der Waals surface area contributed by atoms with E-state index in [4.69, 9.17) is 10.8 Å². The summed E-state index contributed by atoms with van der Waals surface area (Å²) in [4.78, 5) is 21.7. The van der Waals surface area contributed by atoms with Crippen molar-refractivity contribution in [1.29, 1.82) is 0 Å². The highest BCUT2D eigenvalue weighted by Crippen LogP contribution is 2.12. The molecule has 3 N–H and O–H groups in total. The molecule has 80 valence electrons. The van der Waals surface area contributed by atoms with Gasteiger partial charge in [0.25, 0.3) is 0 Å². The number of carboxylic acid groups (broad SMARTS) is 1. The summed E-state index contributed by atoms with van der Waals surface area (Å²) in [5.41, 5.74) is 6.40. The standard InChI is InChI=1S/C11H13NO3/c12-11(8-4-2-1-3-5-8)9(13)6-7-10(14)15/h1-5,11H,6-7,12H2,(H,14,15). The number of rotatable bonds is 5. The molecule has 0 spiro atoms. The summed E-state index contributed by atoms with van der Waals surface area (Å²) in [6, 6.07) is 8.20. The normalized spacial score (nSPS) is 12.1. The number of carbonyl (C=O) groups is 2. The second kappa shape index (κ2) is 5.26. The van der Waals surface area contributed by atoms with Crippen LogP contribution in [0, 0.1) is 0 Å². The van der Waals surface area contributed by atoms with Crippen LogP contribution >= 0.6 is 0 Å². The zero-order valence-electron chi connectivity index (χ0n) is 8.22. The molecule has 0 saturated heterocycles. The Morgan fingerprint density at radius 3 is 2.33 bits per heavy atom. The van der Waals surface area contributed by atoms with Gasteiger partial charge in [0.1, 0.15) is 0 Å². The molecule has 0 bridgehead atoms. The first-order valence-corrected chi connectivity index (χ1v) is 4.66. The topological polar surface area (TPSA) is 80.4 Å². The van der Waals surface area contributed by atoms with E-state index >= 15 is 0 Å². The summed E-state index contributed by atoms with van der Waals surface area (Å²) >= 11 is 0. The number of nitrogens with two attached hydrogens (primary N) is 1. The van der Waals surface area contributed by atoms with E-state index in [2.05, 4.69) is 0 Å². The summed E-state index contributed by atoms with van der Waals surface area (Å²) in [6.07, 6.45) is -0.190. The third-order valence-corrected chi connectivity index (χ3v) is 2.09. The number of carbonyl (C=O) groups excluding carboxylic acids is 1. The number of hydrogen-bond donors (Lipinski definition) is 2. The zero-order chi connectivity index (χ0) is 11.3. The summed E-state index contributed by atoms with van der Waals surface area (Å²) < 4.78 is 0. The predicted octanol–water partition coefficient (Wildman–Crippen LogP) is 1.12. The minimum absolute atomic E-state index is 0.0224. The molecule has 15 heavy (non-hydrogen) atoms. The summed E-state index contributed by atoms with van der Waals surface area (Å²) in [5, 5.41) is 8.42. The first kappa shape index (κ1) is 11.4. The van der Waals surface area contributed by atoms with Gasteiger partial charge in [-0.15, -0.1) is 0 Å². The molecule has 0 aliphatic carbocycles. The maximum absolute atomic E-state index is 11.5. The van der Waals surface area contributed by atoms with Crippen molar-refractivity contribution in [3.8, 4) is 0 Å². The van der Waals surface area contributed by atoms with Crippen LogP contribution in [0.2, 0.25) is 0 Å². The van der Waals surface area contributed by atoms with Crippen LogP contribution in [0.1, 0.15) is 24.4 Å². The van der Waals surface area contributed by atoms with Crippen molar-refractivity contribution in [3.63, 3.8) is 0 Å². The Bertz CT molecular complexity index is 348. The maximum Gasteiger partial charge on any atom is 0.303 e. The van der Waals surface area contributed by atoms with Crippen LogP contribution in [0.5, 0.6) is 0 Å². The molecular weight excluding hydrogens is 194 g/mol. The Morgan fingerprint density at radius 1 is 1.20 bits per heavy atom. The third kappa shape index (κ3) is 3.52. The number of carboxylic acids is 1. The minimum atomic E-state index is -0.983. The van der Waals surface area contributed by atoms with Gasteiger partial charge < -0.3 is 10.8 Å². The van der Waals surface area contributed by atoms with E-state index in [1.54, 1.807) is 24.3 Å². The summed E-state index contributed by atoms with van der Waals surface area (Å²) in [6.45, 7) is 0. The maximum atomic E-state index is 11.5. The lowest BCUT2D eigenvalue weighted by Crippen LogP contribution is -2.21. The molecule has 0 aliphatic heterocycles. The van der Waals surface area contributed by atoms with Crippen molar-refractivity contribution in [2.45, 2.75) is 18.9 Å². The second-order valence-electron chi connectivity index (χ2n) is 3.25. The van der Waals surface area contributed by atoms with Crippen molar-refractivity contribution < 1.29 is 14.7 Å². The Kier molecular flexibility index (Phi) is 4.00. The predicted molar refractivity (Wildman–Crippen MR) is 55.2 cm³/mol. The van der Waals surface area contributed by atoms with Gasteiger partial charge in [-0.2, -0.15) is 0 Å². The Labute approximate surface area is 87.7 Å².